The lowest BCUT2D eigenvalue weighted by molar-refractivity contribution is -0.140. The number of nitrogens with one attached hydrogen (secondary N) is 1. The van der Waals surface area contributed by atoms with Crippen LogP contribution in [0.25, 0.3) is 0 Å². The molecule has 2 aromatic carbocycles. The molecular formula is C27H25Cl2N3O4. The molecule has 0 fully saturated rings. The summed E-state index contributed by atoms with van der Waals surface area (Å²) in [6.07, 6.45) is 0.623. The number of nitrogens with two attached hydrogens (primary N) is 1. The van der Waals surface area contributed by atoms with Gasteiger partial charge in [-0.15, -0.1) is 0 Å². The van der Waals surface area contributed by atoms with E-state index in [1.54, 1.807) is 54.3 Å². The van der Waals surface area contributed by atoms with Gasteiger partial charge < -0.3 is 15.8 Å². The van der Waals surface area contributed by atoms with Crippen LogP contribution in [0.2, 0.25) is 10.0 Å². The topological polar surface area (TPSA) is 102 Å². The van der Waals surface area contributed by atoms with Gasteiger partial charge in [-0.05, 0) is 55.2 Å². The Morgan fingerprint density at radius 1 is 1.11 bits per heavy atom. The highest BCUT2D eigenvalue weighted by molar-refractivity contribution is 6.32. The van der Waals surface area contributed by atoms with Crippen LogP contribution >= 0.6 is 23.2 Å². The fourth-order valence-electron chi connectivity index (χ4n) is 5.62. The number of halogens is 2. The predicted molar refractivity (Wildman–Crippen MR) is 139 cm³/mol. The molecule has 5 rings (SSSR count). The van der Waals surface area contributed by atoms with Crippen molar-refractivity contribution in [2.75, 3.05) is 16.8 Å². The molecule has 186 valence electrons. The number of ether oxygens (including phenoxy) is 1. The van der Waals surface area contributed by atoms with Crippen LogP contribution in [0.1, 0.15) is 39.2 Å². The van der Waals surface area contributed by atoms with Crippen LogP contribution in [0, 0.1) is 5.41 Å². The van der Waals surface area contributed by atoms with E-state index < -0.39 is 22.7 Å². The van der Waals surface area contributed by atoms with Gasteiger partial charge in [0.1, 0.15) is 16.8 Å². The highest BCUT2D eigenvalue weighted by atomic mass is 35.5. The van der Waals surface area contributed by atoms with Gasteiger partial charge >= 0.3 is 5.97 Å². The lowest BCUT2D eigenvalue weighted by Crippen LogP contribution is -2.54. The molecule has 1 unspecified atom stereocenters. The van der Waals surface area contributed by atoms with E-state index in [1.807, 2.05) is 13.8 Å². The number of nitrogens with zero attached hydrogens (tertiary/aromatic N) is 1. The largest absolute Gasteiger partial charge is 0.462 e. The lowest BCUT2D eigenvalue weighted by Gasteiger charge is -2.47. The maximum atomic E-state index is 14.0. The summed E-state index contributed by atoms with van der Waals surface area (Å²) in [6.45, 7) is 5.69. The minimum Gasteiger partial charge on any atom is -0.462 e. The molecule has 3 N–H and O–H groups in total. The molecule has 0 aromatic heterocycles. The number of allylic oxidation sites excluding steroid dienone is 1. The number of benzene rings is 2. The summed E-state index contributed by atoms with van der Waals surface area (Å²) in [4.78, 5) is 43.2. The van der Waals surface area contributed by atoms with E-state index in [4.69, 9.17) is 33.7 Å². The number of rotatable bonds is 3. The van der Waals surface area contributed by atoms with Crippen molar-refractivity contribution in [2.45, 2.75) is 39.0 Å². The highest BCUT2D eigenvalue weighted by Gasteiger charge is 2.63. The van der Waals surface area contributed by atoms with Crippen LogP contribution in [0.15, 0.2) is 65.1 Å². The second-order valence-corrected chi connectivity index (χ2v) is 10.8. The summed E-state index contributed by atoms with van der Waals surface area (Å²) < 4.78 is 5.42. The molecule has 3 aliphatic rings. The molecule has 1 amide bonds. The van der Waals surface area contributed by atoms with E-state index in [-0.39, 0.29) is 35.8 Å². The number of Topliss-reactive ketones (excluding diaryl/α,β-unsaturated/α-hetero) is 1. The zero-order valence-corrected chi connectivity index (χ0v) is 21.6. The lowest BCUT2D eigenvalue weighted by atomic mass is 9.60. The first-order valence-electron chi connectivity index (χ1n) is 11.6. The molecule has 0 saturated carbocycles. The third-order valence-corrected chi connectivity index (χ3v) is 7.36. The van der Waals surface area contributed by atoms with Gasteiger partial charge in [-0.25, -0.2) is 4.79 Å². The van der Waals surface area contributed by atoms with Crippen LogP contribution in [0.3, 0.4) is 0 Å². The molecular weight excluding hydrogens is 501 g/mol. The Hall–Kier alpha value is -3.29. The van der Waals surface area contributed by atoms with Crippen LogP contribution < -0.4 is 16.0 Å². The molecule has 1 spiro atoms. The highest BCUT2D eigenvalue weighted by Crippen LogP contribution is 2.57. The Kier molecular flexibility index (Phi) is 5.69. The number of hydrogen-bond acceptors (Lipinski definition) is 6. The van der Waals surface area contributed by atoms with Crippen molar-refractivity contribution in [3.8, 4) is 0 Å². The first-order chi connectivity index (χ1) is 17.0. The van der Waals surface area contributed by atoms with Crippen molar-refractivity contribution in [3.63, 3.8) is 0 Å². The van der Waals surface area contributed by atoms with Gasteiger partial charge in [-0.2, -0.15) is 0 Å². The normalized spacial score (nSPS) is 22.5. The molecule has 2 aliphatic heterocycles. The van der Waals surface area contributed by atoms with Gasteiger partial charge in [-0.3, -0.25) is 14.5 Å². The summed E-state index contributed by atoms with van der Waals surface area (Å²) in [5.41, 5.74) is 6.65. The number of esters is 1. The second-order valence-electron chi connectivity index (χ2n) is 9.95. The van der Waals surface area contributed by atoms with E-state index in [2.05, 4.69) is 5.32 Å². The molecule has 36 heavy (non-hydrogen) atoms. The summed E-state index contributed by atoms with van der Waals surface area (Å²) in [5, 5.41) is 3.66. The predicted octanol–water partition coefficient (Wildman–Crippen LogP) is 5.08. The van der Waals surface area contributed by atoms with Crippen LogP contribution in [0.4, 0.5) is 11.4 Å². The average molecular weight is 526 g/mol. The van der Waals surface area contributed by atoms with Gasteiger partial charge in [0.15, 0.2) is 5.78 Å². The first kappa shape index (κ1) is 24.4. The van der Waals surface area contributed by atoms with E-state index in [0.29, 0.717) is 39.1 Å². The smallest absolute Gasteiger partial charge is 0.339 e. The van der Waals surface area contributed by atoms with Crippen molar-refractivity contribution < 1.29 is 19.1 Å². The van der Waals surface area contributed by atoms with Crippen molar-refractivity contribution in [1.29, 1.82) is 0 Å². The van der Waals surface area contributed by atoms with E-state index in [1.165, 1.54) is 0 Å². The second kappa shape index (κ2) is 8.39. The van der Waals surface area contributed by atoms with Gasteiger partial charge in [0, 0.05) is 44.7 Å². The molecule has 2 heterocycles. The fraction of sp³-hybridized carbons (Fsp3) is 0.296. The van der Waals surface area contributed by atoms with E-state index in [0.717, 1.165) is 0 Å². The Bertz CT molecular complexity index is 1410. The van der Waals surface area contributed by atoms with Gasteiger partial charge in [0.05, 0.1) is 6.61 Å². The summed E-state index contributed by atoms with van der Waals surface area (Å²) in [7, 11) is 0. The van der Waals surface area contributed by atoms with Gasteiger partial charge in [-0.1, -0.05) is 43.1 Å². The molecule has 1 aliphatic carbocycles. The minimum absolute atomic E-state index is 0.00272. The third-order valence-electron chi connectivity index (χ3n) is 6.89. The number of hydrogen-bond donors (Lipinski definition) is 2. The van der Waals surface area contributed by atoms with Gasteiger partial charge in [0.25, 0.3) is 0 Å². The molecule has 1 atom stereocenters. The molecule has 0 saturated heterocycles. The zero-order valence-electron chi connectivity index (χ0n) is 20.1. The standard InChI is InChI=1S/C27H25Cl2N3O4/c1-4-36-24(34)22-23(30)32(16-7-5-6-14(28)10-16)19-12-26(2,3)13-20(33)21(19)27(22)17-11-15(29)8-9-18(17)31-25(27)35/h5-11H,4,12-13,30H2,1-3H3,(H,31,35). The Morgan fingerprint density at radius 2 is 1.83 bits per heavy atom. The van der Waals surface area contributed by atoms with Crippen molar-refractivity contribution in [1.82, 2.24) is 0 Å². The Morgan fingerprint density at radius 3 is 2.53 bits per heavy atom. The fourth-order valence-corrected chi connectivity index (χ4v) is 5.98. The van der Waals surface area contributed by atoms with E-state index >= 15 is 0 Å². The number of amides is 1. The number of ketones is 1. The zero-order chi connectivity index (χ0) is 26.0. The maximum absolute atomic E-state index is 14.0. The SMILES string of the molecule is CCOC(=O)C1=C(N)N(c2cccc(Cl)c2)C2=C(C(=O)CC(C)(C)C2)C12C(=O)Nc1ccc(Cl)cc12. The molecule has 9 heteroatoms. The quantitative estimate of drug-likeness (QED) is 0.541. The number of carbonyl (C=O) groups is 3. The molecule has 2 aromatic rings. The van der Waals surface area contributed by atoms with Crippen LogP contribution in [0.5, 0.6) is 0 Å². The summed E-state index contributed by atoms with van der Waals surface area (Å²) in [5.74, 6) is -1.57. The third kappa shape index (κ3) is 3.44. The monoisotopic (exact) mass is 525 g/mol. The number of anilines is 2. The van der Waals surface area contributed by atoms with E-state index in [9.17, 15) is 14.4 Å². The number of carbonyl (C=O) groups excluding carboxylic acids is 3. The number of fused-ring (bicyclic) bond motifs is 3. The first-order valence-corrected chi connectivity index (χ1v) is 12.4. The maximum Gasteiger partial charge on any atom is 0.339 e. The Balaban J connectivity index is 1.93. The molecule has 7 nitrogen and oxygen atoms in total. The molecule has 0 bridgehead atoms. The Labute approximate surface area is 218 Å². The molecule has 0 radical (unpaired) electrons. The minimum atomic E-state index is -1.80. The summed E-state index contributed by atoms with van der Waals surface area (Å²) in [6, 6.07) is 11.9. The van der Waals surface area contributed by atoms with Crippen LogP contribution in [-0.4, -0.2) is 24.3 Å². The van der Waals surface area contributed by atoms with Crippen molar-refractivity contribution >= 4 is 52.2 Å². The average Bonchev–Trinajstić information content (AvgIpc) is 3.04. The van der Waals surface area contributed by atoms with Crippen LogP contribution in [-0.2, 0) is 24.5 Å². The summed E-state index contributed by atoms with van der Waals surface area (Å²) >= 11 is 12.7. The van der Waals surface area contributed by atoms with Gasteiger partial charge in [0.2, 0.25) is 5.91 Å². The van der Waals surface area contributed by atoms with Crippen molar-refractivity contribution in [3.05, 3.63) is 80.7 Å². The van der Waals surface area contributed by atoms with Crippen molar-refractivity contribution in [2.24, 2.45) is 11.1 Å².